The minimum atomic E-state index is 0. The quantitative estimate of drug-likeness (QED) is 0.457. The summed E-state index contributed by atoms with van der Waals surface area (Å²) in [5, 5.41) is 3.52. The van der Waals surface area contributed by atoms with Gasteiger partial charge in [0.2, 0.25) is 6.67 Å². The summed E-state index contributed by atoms with van der Waals surface area (Å²) in [7, 11) is 2.04. The first-order valence-corrected chi connectivity index (χ1v) is 9.78. The van der Waals surface area contributed by atoms with Crippen LogP contribution in [-0.4, -0.2) is 6.54 Å². The summed E-state index contributed by atoms with van der Waals surface area (Å²) in [5.41, 5.74) is 2.51. The van der Waals surface area contributed by atoms with Crippen LogP contribution in [0.15, 0.2) is 73.4 Å². The third-order valence-electron chi connectivity index (χ3n) is 4.92. The zero-order valence-corrected chi connectivity index (χ0v) is 17.3. The molecule has 0 aromatic carbocycles. The molecule has 0 amide bonds. The van der Waals surface area contributed by atoms with Crippen molar-refractivity contribution < 1.29 is 26.2 Å². The average Bonchev–Trinajstić information content (AvgIpc) is 3.40. The molecule has 0 bridgehead atoms. The Morgan fingerprint density at radius 1 is 0.889 bits per heavy atom. The summed E-state index contributed by atoms with van der Waals surface area (Å²) in [6, 6.07) is 8.63. The van der Waals surface area contributed by atoms with Crippen LogP contribution in [0.3, 0.4) is 0 Å². The second-order valence-corrected chi connectivity index (χ2v) is 7.13. The molecular formula is C23H31FeN3+2. The van der Waals surface area contributed by atoms with Crippen LogP contribution in [0.4, 0.5) is 0 Å². The molecular weight excluding hydrogens is 374 g/mol. The minimum Gasteiger partial charge on any atom is -0.261 e. The second-order valence-electron chi connectivity index (χ2n) is 7.13. The average molecular weight is 405 g/mol. The van der Waals surface area contributed by atoms with Gasteiger partial charge in [-0.05, 0) is 49.1 Å². The molecule has 0 radical (unpaired) electrons. The number of pyridine rings is 2. The Hall–Kier alpha value is -1.74. The van der Waals surface area contributed by atoms with Gasteiger partial charge in [0, 0.05) is 47.9 Å². The fourth-order valence-electron chi connectivity index (χ4n) is 3.28. The van der Waals surface area contributed by atoms with E-state index >= 15 is 0 Å². The Morgan fingerprint density at radius 3 is 2.04 bits per heavy atom. The zero-order chi connectivity index (χ0) is 18.0. The van der Waals surface area contributed by atoms with Crippen molar-refractivity contribution in [3.63, 3.8) is 0 Å². The van der Waals surface area contributed by atoms with E-state index in [9.17, 15) is 0 Å². The van der Waals surface area contributed by atoms with E-state index in [2.05, 4.69) is 83.2 Å². The van der Waals surface area contributed by atoms with E-state index < -0.39 is 0 Å². The van der Waals surface area contributed by atoms with Crippen LogP contribution < -0.4 is 14.5 Å². The molecule has 1 N–H and O–H groups in total. The fraction of sp³-hybridized carbons (Fsp3) is 0.391. The van der Waals surface area contributed by atoms with Gasteiger partial charge in [-0.15, -0.1) is 0 Å². The number of rotatable bonds is 5. The maximum atomic E-state index is 3.52. The molecule has 2 aromatic heterocycles. The third-order valence-corrected chi connectivity index (χ3v) is 4.92. The van der Waals surface area contributed by atoms with E-state index in [1.807, 2.05) is 11.6 Å². The monoisotopic (exact) mass is 405 g/mol. The summed E-state index contributed by atoms with van der Waals surface area (Å²) in [6.07, 6.45) is 24.1. The van der Waals surface area contributed by atoms with Crippen molar-refractivity contribution in [1.82, 2.24) is 5.32 Å². The predicted octanol–water partition coefficient (Wildman–Crippen LogP) is 3.70. The first kappa shape index (κ1) is 21.6. The minimum absolute atomic E-state index is 0. The van der Waals surface area contributed by atoms with Crippen molar-refractivity contribution in [2.45, 2.75) is 38.8 Å². The molecule has 1 atom stereocenters. The number of aryl methyl sites for hydroxylation is 1. The molecule has 2 aromatic rings. The predicted molar refractivity (Wildman–Crippen MR) is 106 cm³/mol. The van der Waals surface area contributed by atoms with E-state index in [-0.39, 0.29) is 17.1 Å². The number of hydrogen-bond donors (Lipinski definition) is 1. The van der Waals surface area contributed by atoms with Gasteiger partial charge in [-0.2, -0.15) is 4.57 Å². The van der Waals surface area contributed by atoms with Crippen molar-refractivity contribution in [2.75, 3.05) is 6.54 Å². The number of nitrogens with zero attached hydrogens (tertiary/aromatic N) is 2. The van der Waals surface area contributed by atoms with E-state index in [1.165, 1.54) is 43.2 Å². The Kier molecular flexibility index (Phi) is 9.47. The first-order valence-electron chi connectivity index (χ1n) is 9.78. The van der Waals surface area contributed by atoms with Gasteiger partial charge >= 0.3 is 0 Å². The maximum absolute atomic E-state index is 3.52. The molecule has 3 nitrogen and oxygen atoms in total. The SMILES string of the molecule is C1=CCCC1.C[n+]1ccc(-c2cc[n+](CNC[C@@H]3C=CCC3)cc2)cc1.[Fe]. The van der Waals surface area contributed by atoms with Gasteiger partial charge in [-0.3, -0.25) is 5.32 Å². The molecule has 27 heavy (non-hydrogen) atoms. The van der Waals surface area contributed by atoms with Crippen LogP contribution in [0.25, 0.3) is 11.1 Å². The summed E-state index contributed by atoms with van der Waals surface area (Å²) in [6.45, 7) is 1.94. The molecule has 0 unspecified atom stereocenters. The van der Waals surface area contributed by atoms with Crippen molar-refractivity contribution in [3.05, 3.63) is 73.4 Å². The van der Waals surface area contributed by atoms with Gasteiger partial charge in [0.05, 0.1) is 0 Å². The molecule has 4 heteroatoms. The molecule has 2 aliphatic rings. The summed E-state index contributed by atoms with van der Waals surface area (Å²) < 4.78 is 4.24. The van der Waals surface area contributed by atoms with E-state index in [0.29, 0.717) is 0 Å². The Bertz CT molecular complexity index is 714. The number of hydrogen-bond acceptors (Lipinski definition) is 1. The Labute approximate surface area is 174 Å². The normalized spacial score (nSPS) is 17.3. The van der Waals surface area contributed by atoms with Gasteiger partial charge in [-0.1, -0.05) is 24.3 Å². The van der Waals surface area contributed by atoms with Crippen LogP contribution in [0, 0.1) is 5.92 Å². The molecule has 0 saturated carbocycles. The third kappa shape index (κ3) is 7.42. The van der Waals surface area contributed by atoms with Crippen LogP contribution in [0.2, 0.25) is 0 Å². The number of aromatic nitrogens is 2. The molecule has 0 saturated heterocycles. The Morgan fingerprint density at radius 2 is 1.52 bits per heavy atom. The topological polar surface area (TPSA) is 19.8 Å². The van der Waals surface area contributed by atoms with Crippen LogP contribution >= 0.6 is 0 Å². The molecule has 2 heterocycles. The maximum Gasteiger partial charge on any atom is 0.202 e. The first-order chi connectivity index (χ1) is 12.8. The second kappa shape index (κ2) is 11.9. The van der Waals surface area contributed by atoms with Crippen LogP contribution in [0.1, 0.15) is 32.1 Å². The molecule has 0 spiro atoms. The van der Waals surface area contributed by atoms with Gasteiger partial charge in [-0.25, -0.2) is 4.57 Å². The van der Waals surface area contributed by atoms with Crippen molar-refractivity contribution in [2.24, 2.45) is 13.0 Å². The Balaban J connectivity index is 0.000000379. The van der Waals surface area contributed by atoms with E-state index in [4.69, 9.17) is 0 Å². The molecule has 4 rings (SSSR count). The number of nitrogens with one attached hydrogen (secondary N) is 1. The fourth-order valence-corrected chi connectivity index (χ4v) is 3.28. The van der Waals surface area contributed by atoms with Gasteiger partial charge < -0.3 is 0 Å². The largest absolute Gasteiger partial charge is 0.261 e. The van der Waals surface area contributed by atoms with Crippen LogP contribution in [-0.2, 0) is 30.8 Å². The molecule has 0 aliphatic heterocycles. The molecule has 144 valence electrons. The van der Waals surface area contributed by atoms with Crippen molar-refractivity contribution >= 4 is 0 Å². The van der Waals surface area contributed by atoms with Crippen LogP contribution in [0.5, 0.6) is 0 Å². The number of allylic oxidation sites excluding steroid dienone is 3. The van der Waals surface area contributed by atoms with Crippen molar-refractivity contribution in [1.29, 1.82) is 0 Å². The summed E-state index contributed by atoms with van der Waals surface area (Å²) in [5.74, 6) is 0.718. The smallest absolute Gasteiger partial charge is 0.202 e. The van der Waals surface area contributed by atoms with Gasteiger partial charge in [0.15, 0.2) is 24.8 Å². The van der Waals surface area contributed by atoms with Gasteiger partial charge in [0.1, 0.15) is 7.05 Å². The zero-order valence-electron chi connectivity index (χ0n) is 16.2. The standard InChI is InChI=1S/C18H23N3.C5H8.Fe/c1-20-10-6-17(7-11-20)18-8-12-21(13-9-18)15-19-14-16-4-2-3-5-16;1-2-4-5-3-1;/h2,4,6-13,16,19H,3,5,14-15H2,1H3;1-2H,3-5H2;/q+2;;/t16-;;/m1../s1. The van der Waals surface area contributed by atoms with E-state index in [0.717, 1.165) is 19.1 Å². The van der Waals surface area contributed by atoms with Crippen molar-refractivity contribution in [3.8, 4) is 11.1 Å². The molecule has 2 aliphatic carbocycles. The van der Waals surface area contributed by atoms with Gasteiger partial charge in [0.25, 0.3) is 0 Å². The van der Waals surface area contributed by atoms with E-state index in [1.54, 1.807) is 0 Å². The summed E-state index contributed by atoms with van der Waals surface area (Å²) in [4.78, 5) is 0. The molecule has 0 fully saturated rings. The summed E-state index contributed by atoms with van der Waals surface area (Å²) >= 11 is 0.